The highest BCUT2D eigenvalue weighted by Gasteiger charge is 2.20. The lowest BCUT2D eigenvalue weighted by molar-refractivity contribution is 0.0964. The molecule has 0 heterocycles. The van der Waals surface area contributed by atoms with Crippen molar-refractivity contribution in [3.05, 3.63) is 57.5 Å². The van der Waals surface area contributed by atoms with Crippen LogP contribution in [0.15, 0.2) is 51.8 Å². The molecule has 2 rings (SSSR count). The molecule has 5 nitrogen and oxygen atoms in total. The molecule has 2 N–H and O–H groups in total. The van der Waals surface area contributed by atoms with E-state index in [1.54, 1.807) is 18.2 Å². The maximum Gasteiger partial charge on any atom is 0.263 e. The minimum Gasteiger partial charge on any atom is -0.355 e. The molecule has 0 aliphatic heterocycles. The van der Waals surface area contributed by atoms with E-state index in [2.05, 4.69) is 26.0 Å². The fourth-order valence-electron chi connectivity index (χ4n) is 1.80. The van der Waals surface area contributed by atoms with Crippen LogP contribution in [0, 0.1) is 0 Å². The Hall–Kier alpha value is -1.57. The van der Waals surface area contributed by atoms with Crippen LogP contribution in [0.3, 0.4) is 0 Å². The number of amides is 1. The monoisotopic (exact) mass is 402 g/mol. The van der Waals surface area contributed by atoms with Crippen molar-refractivity contribution in [2.45, 2.75) is 4.90 Å². The summed E-state index contributed by atoms with van der Waals surface area (Å²) >= 11 is 9.20. The van der Waals surface area contributed by atoms with Crippen LogP contribution in [0.5, 0.6) is 0 Å². The minimum absolute atomic E-state index is 0.0657. The zero-order valence-corrected chi connectivity index (χ0v) is 14.6. The summed E-state index contributed by atoms with van der Waals surface area (Å²) in [4.78, 5) is 11.7. The van der Waals surface area contributed by atoms with Crippen molar-refractivity contribution in [1.29, 1.82) is 0 Å². The first-order valence-electron chi connectivity index (χ1n) is 6.14. The molecular weight excluding hydrogens is 392 g/mol. The van der Waals surface area contributed by atoms with Crippen LogP contribution in [0.25, 0.3) is 0 Å². The number of carbonyl (C=O) groups excluding carboxylic acids is 1. The van der Waals surface area contributed by atoms with E-state index in [1.165, 1.54) is 31.3 Å². The van der Waals surface area contributed by atoms with E-state index >= 15 is 0 Å². The Balaban J connectivity index is 2.44. The predicted molar refractivity (Wildman–Crippen MR) is 89.8 cm³/mol. The number of anilines is 1. The Bertz CT molecular complexity index is 825. The van der Waals surface area contributed by atoms with E-state index in [9.17, 15) is 13.2 Å². The van der Waals surface area contributed by atoms with Gasteiger partial charge in [-0.3, -0.25) is 9.52 Å². The second kappa shape index (κ2) is 6.68. The molecule has 0 aromatic heterocycles. The van der Waals surface area contributed by atoms with E-state index in [4.69, 9.17) is 11.6 Å². The van der Waals surface area contributed by atoms with Gasteiger partial charge in [0.25, 0.3) is 15.9 Å². The molecule has 22 heavy (non-hydrogen) atoms. The first kappa shape index (κ1) is 16.8. The first-order chi connectivity index (χ1) is 10.3. The van der Waals surface area contributed by atoms with Gasteiger partial charge in [-0.05, 0) is 30.3 Å². The minimum atomic E-state index is -3.91. The van der Waals surface area contributed by atoms with Crippen molar-refractivity contribution in [3.63, 3.8) is 0 Å². The molecule has 1 amide bonds. The summed E-state index contributed by atoms with van der Waals surface area (Å²) in [6.07, 6.45) is 0. The molecule has 2 aromatic carbocycles. The molecule has 0 fully saturated rings. The molecule has 8 heteroatoms. The molecule has 0 spiro atoms. The van der Waals surface area contributed by atoms with Crippen molar-refractivity contribution >= 4 is 49.1 Å². The molecule has 116 valence electrons. The van der Waals surface area contributed by atoms with Gasteiger partial charge >= 0.3 is 0 Å². The van der Waals surface area contributed by atoms with Gasteiger partial charge in [0.05, 0.1) is 16.3 Å². The van der Waals surface area contributed by atoms with Crippen LogP contribution < -0.4 is 10.0 Å². The first-order valence-corrected chi connectivity index (χ1v) is 8.79. The summed E-state index contributed by atoms with van der Waals surface area (Å²) in [7, 11) is -2.44. The second-order valence-corrected chi connectivity index (χ2v) is 7.28. The average molecular weight is 404 g/mol. The third kappa shape index (κ3) is 3.60. The smallest absolute Gasteiger partial charge is 0.263 e. The topological polar surface area (TPSA) is 75.3 Å². The van der Waals surface area contributed by atoms with E-state index < -0.39 is 10.0 Å². The van der Waals surface area contributed by atoms with Crippen LogP contribution in [0.2, 0.25) is 5.02 Å². The zero-order chi connectivity index (χ0) is 16.3. The van der Waals surface area contributed by atoms with Crippen LogP contribution in [-0.4, -0.2) is 21.4 Å². The third-order valence-electron chi connectivity index (χ3n) is 2.83. The molecule has 0 radical (unpaired) electrons. The Kier molecular flexibility index (Phi) is 5.10. The third-order valence-corrected chi connectivity index (χ3v) is 5.17. The van der Waals surface area contributed by atoms with Crippen LogP contribution in [-0.2, 0) is 10.0 Å². The average Bonchev–Trinajstić information content (AvgIpc) is 2.46. The van der Waals surface area contributed by atoms with Crippen molar-refractivity contribution in [3.8, 4) is 0 Å². The Morgan fingerprint density at radius 2 is 1.86 bits per heavy atom. The normalized spacial score (nSPS) is 11.0. The molecule has 2 aromatic rings. The van der Waals surface area contributed by atoms with E-state index in [0.717, 1.165) is 0 Å². The van der Waals surface area contributed by atoms with Crippen molar-refractivity contribution < 1.29 is 13.2 Å². The van der Waals surface area contributed by atoms with Gasteiger partial charge in [0.15, 0.2) is 0 Å². The molecular formula is C14H12BrClN2O3S. The molecule has 0 atom stereocenters. The lowest BCUT2D eigenvalue weighted by atomic mass is 10.2. The number of hydrogen-bond acceptors (Lipinski definition) is 3. The number of halogens is 2. The summed E-state index contributed by atoms with van der Waals surface area (Å²) in [6.45, 7) is 0. The van der Waals surface area contributed by atoms with Gasteiger partial charge in [0.1, 0.15) is 4.90 Å². The standard InChI is InChI=1S/C14H12BrClN2O3S/c1-17-14(19)10-4-2-3-5-12(10)18-22(20,21)13-7-6-9(15)8-11(13)16/h2-8,18H,1H3,(H,17,19). The SMILES string of the molecule is CNC(=O)c1ccccc1NS(=O)(=O)c1ccc(Br)cc1Cl. The van der Waals surface area contributed by atoms with Gasteiger partial charge in [0, 0.05) is 11.5 Å². The molecule has 0 saturated carbocycles. The fraction of sp³-hybridized carbons (Fsp3) is 0.0714. The summed E-state index contributed by atoms with van der Waals surface area (Å²) in [6, 6.07) is 10.8. The van der Waals surface area contributed by atoms with Crippen molar-refractivity contribution in [2.24, 2.45) is 0 Å². The van der Waals surface area contributed by atoms with Crippen LogP contribution in [0.1, 0.15) is 10.4 Å². The largest absolute Gasteiger partial charge is 0.355 e. The van der Waals surface area contributed by atoms with Gasteiger partial charge in [-0.25, -0.2) is 8.42 Å². The van der Waals surface area contributed by atoms with Crippen molar-refractivity contribution in [2.75, 3.05) is 11.8 Å². The lowest BCUT2D eigenvalue weighted by Gasteiger charge is -2.12. The zero-order valence-electron chi connectivity index (χ0n) is 11.4. The number of sulfonamides is 1. The molecule has 0 unspecified atom stereocenters. The van der Waals surface area contributed by atoms with Gasteiger partial charge in [0.2, 0.25) is 0 Å². The van der Waals surface area contributed by atoms with Gasteiger partial charge in [-0.1, -0.05) is 39.7 Å². The Morgan fingerprint density at radius 3 is 2.50 bits per heavy atom. The van der Waals surface area contributed by atoms with Gasteiger partial charge in [-0.15, -0.1) is 0 Å². The number of nitrogens with one attached hydrogen (secondary N) is 2. The van der Waals surface area contributed by atoms with Gasteiger partial charge < -0.3 is 5.32 Å². The summed E-state index contributed by atoms with van der Waals surface area (Å²) in [5, 5.41) is 2.54. The molecule has 0 saturated heterocycles. The molecule has 0 aliphatic rings. The maximum atomic E-state index is 12.5. The highest BCUT2D eigenvalue weighted by molar-refractivity contribution is 9.10. The Morgan fingerprint density at radius 1 is 1.18 bits per heavy atom. The highest BCUT2D eigenvalue weighted by Crippen LogP contribution is 2.27. The molecule has 0 aliphatic carbocycles. The van der Waals surface area contributed by atoms with E-state index in [0.29, 0.717) is 4.47 Å². The van der Waals surface area contributed by atoms with Crippen molar-refractivity contribution in [1.82, 2.24) is 5.32 Å². The Labute approximate surface area is 141 Å². The quantitative estimate of drug-likeness (QED) is 0.823. The number of para-hydroxylation sites is 1. The number of rotatable bonds is 4. The van der Waals surface area contributed by atoms with Crippen LogP contribution >= 0.6 is 27.5 Å². The maximum absolute atomic E-state index is 12.5. The second-order valence-electron chi connectivity index (χ2n) is 4.30. The van der Waals surface area contributed by atoms with E-state index in [1.807, 2.05) is 0 Å². The van der Waals surface area contributed by atoms with Crippen LogP contribution in [0.4, 0.5) is 5.69 Å². The summed E-state index contributed by atoms with van der Waals surface area (Å²) < 4.78 is 28.0. The number of carbonyl (C=O) groups is 1. The molecule has 0 bridgehead atoms. The lowest BCUT2D eigenvalue weighted by Crippen LogP contribution is -2.21. The highest BCUT2D eigenvalue weighted by atomic mass is 79.9. The van der Waals surface area contributed by atoms with E-state index in [-0.39, 0.29) is 27.1 Å². The number of benzene rings is 2. The predicted octanol–water partition coefficient (Wildman–Crippen LogP) is 3.26. The summed E-state index contributed by atoms with van der Waals surface area (Å²) in [5.74, 6) is -0.389. The summed E-state index contributed by atoms with van der Waals surface area (Å²) in [5.41, 5.74) is 0.405. The fourth-order valence-corrected chi connectivity index (χ4v) is 3.92. The number of hydrogen-bond donors (Lipinski definition) is 2. The van der Waals surface area contributed by atoms with Gasteiger partial charge in [-0.2, -0.15) is 0 Å².